The lowest BCUT2D eigenvalue weighted by atomic mass is 10.3. The van der Waals surface area contributed by atoms with E-state index < -0.39 is 0 Å². The van der Waals surface area contributed by atoms with Crippen LogP contribution in [0.3, 0.4) is 0 Å². The number of methoxy groups -OCH3 is 1. The molecule has 0 spiro atoms. The summed E-state index contributed by atoms with van der Waals surface area (Å²) in [5.41, 5.74) is 2.33. The van der Waals surface area contributed by atoms with Gasteiger partial charge in [0.1, 0.15) is 0 Å². The van der Waals surface area contributed by atoms with Gasteiger partial charge >= 0.3 is 0 Å². The second kappa shape index (κ2) is 7.05. The van der Waals surface area contributed by atoms with Crippen LogP contribution in [0.2, 0.25) is 5.28 Å². The third kappa shape index (κ3) is 3.36. The Morgan fingerprint density at radius 3 is 3.08 bits per heavy atom. The molecule has 7 nitrogen and oxygen atoms in total. The molecule has 0 radical (unpaired) electrons. The smallest absolute Gasteiger partial charge is 0.226 e. The molecule has 3 aromatic rings. The number of hydrogen-bond donors (Lipinski definition) is 1. The first-order valence-electron chi connectivity index (χ1n) is 8.00. The number of hydrogen-bond acceptors (Lipinski definition) is 7. The third-order valence-corrected chi connectivity index (χ3v) is 5.58. The van der Waals surface area contributed by atoms with Crippen LogP contribution in [0, 0.1) is 0 Å². The van der Waals surface area contributed by atoms with Crippen LogP contribution in [0.15, 0.2) is 24.5 Å². The second-order valence-electron chi connectivity index (χ2n) is 5.66. The van der Waals surface area contributed by atoms with Crippen molar-refractivity contribution in [1.82, 2.24) is 24.5 Å². The van der Waals surface area contributed by atoms with Crippen molar-refractivity contribution in [3.63, 3.8) is 0 Å². The number of imidazole rings is 1. The summed E-state index contributed by atoms with van der Waals surface area (Å²) in [6, 6.07) is 5.63. The van der Waals surface area contributed by atoms with E-state index in [2.05, 4.69) is 29.8 Å². The molecule has 4 rings (SSSR count). The molecule has 0 saturated carbocycles. The minimum atomic E-state index is 0.207. The van der Waals surface area contributed by atoms with Gasteiger partial charge in [0.05, 0.1) is 31.0 Å². The van der Waals surface area contributed by atoms with E-state index in [4.69, 9.17) is 16.3 Å². The molecule has 0 bridgehead atoms. The van der Waals surface area contributed by atoms with Crippen molar-refractivity contribution < 1.29 is 4.74 Å². The first-order chi connectivity index (χ1) is 12.2. The van der Waals surface area contributed by atoms with Crippen molar-refractivity contribution in [1.29, 1.82) is 0 Å². The minimum Gasteiger partial charge on any atom is -0.481 e. The molecule has 9 heteroatoms. The lowest BCUT2D eigenvalue weighted by Crippen LogP contribution is -2.06. The second-order valence-corrected chi connectivity index (χ2v) is 7.28. The Balaban J connectivity index is 1.62. The van der Waals surface area contributed by atoms with Crippen LogP contribution < -0.4 is 10.1 Å². The van der Waals surface area contributed by atoms with Gasteiger partial charge in [-0.05, 0) is 36.3 Å². The normalized spacial score (nSPS) is 17.1. The number of ether oxygens (including phenoxy) is 1. The summed E-state index contributed by atoms with van der Waals surface area (Å²) in [4.78, 5) is 17.6. The van der Waals surface area contributed by atoms with Crippen LogP contribution in [0.4, 0.5) is 5.82 Å². The number of pyridine rings is 1. The zero-order valence-electron chi connectivity index (χ0n) is 13.6. The van der Waals surface area contributed by atoms with Crippen molar-refractivity contribution in [2.24, 2.45) is 0 Å². The number of anilines is 1. The number of aromatic nitrogens is 5. The first-order valence-corrected chi connectivity index (χ1v) is 9.43. The van der Waals surface area contributed by atoms with Gasteiger partial charge < -0.3 is 14.6 Å². The monoisotopic (exact) mass is 376 g/mol. The Morgan fingerprint density at radius 1 is 1.36 bits per heavy atom. The molecule has 1 fully saturated rings. The van der Waals surface area contributed by atoms with Gasteiger partial charge in [-0.1, -0.05) is 6.07 Å². The van der Waals surface area contributed by atoms with E-state index >= 15 is 0 Å². The quantitative estimate of drug-likeness (QED) is 0.682. The van der Waals surface area contributed by atoms with Crippen LogP contribution in [0.5, 0.6) is 5.88 Å². The fraction of sp³-hybridized carbons (Fsp3) is 0.375. The minimum absolute atomic E-state index is 0.207. The van der Waals surface area contributed by atoms with Crippen LogP contribution in [-0.4, -0.2) is 37.4 Å². The Hall–Kier alpha value is -2.06. The van der Waals surface area contributed by atoms with E-state index in [9.17, 15) is 0 Å². The molecule has 1 saturated heterocycles. The molecule has 0 amide bonds. The standard InChI is InChI=1S/C16H17ClN6OS/c1-24-11-5-2-4-10(20-11)8-18-14-13-15(22-16(17)21-14)23(9-19-13)12-6-3-7-25-12/h2,4-5,9,12H,3,6-8H2,1H3,(H,18,21,22)/t12-/m1/s1. The highest BCUT2D eigenvalue weighted by atomic mass is 35.5. The first kappa shape index (κ1) is 16.4. The molecule has 25 heavy (non-hydrogen) atoms. The van der Waals surface area contributed by atoms with Gasteiger partial charge in [0.25, 0.3) is 0 Å². The lowest BCUT2D eigenvalue weighted by molar-refractivity contribution is 0.396. The summed E-state index contributed by atoms with van der Waals surface area (Å²) in [5, 5.41) is 3.84. The zero-order valence-corrected chi connectivity index (χ0v) is 15.2. The molecule has 0 aromatic carbocycles. The summed E-state index contributed by atoms with van der Waals surface area (Å²) in [6.45, 7) is 0.491. The van der Waals surface area contributed by atoms with Crippen molar-refractivity contribution in [2.45, 2.75) is 24.8 Å². The molecule has 3 aromatic heterocycles. The number of rotatable bonds is 5. The van der Waals surface area contributed by atoms with Crippen LogP contribution >= 0.6 is 23.4 Å². The van der Waals surface area contributed by atoms with Crippen LogP contribution in [0.1, 0.15) is 23.9 Å². The SMILES string of the molecule is COc1cccc(CNc2nc(Cl)nc3c2ncn3[C@H]2CCCS2)n1. The van der Waals surface area contributed by atoms with E-state index in [-0.39, 0.29) is 5.28 Å². The van der Waals surface area contributed by atoms with Gasteiger partial charge in [0.2, 0.25) is 11.2 Å². The number of nitrogens with one attached hydrogen (secondary N) is 1. The zero-order chi connectivity index (χ0) is 17.2. The predicted molar refractivity (Wildman–Crippen MR) is 99.2 cm³/mol. The Kier molecular flexibility index (Phi) is 4.63. The van der Waals surface area contributed by atoms with E-state index in [1.165, 1.54) is 6.42 Å². The summed E-state index contributed by atoms with van der Waals surface area (Å²) in [5.74, 6) is 2.35. The maximum absolute atomic E-state index is 6.14. The largest absolute Gasteiger partial charge is 0.481 e. The molecular formula is C16H17ClN6OS. The number of halogens is 1. The number of fused-ring (bicyclic) bond motifs is 1. The molecule has 0 aliphatic carbocycles. The van der Waals surface area contributed by atoms with E-state index in [1.807, 2.05) is 36.3 Å². The van der Waals surface area contributed by atoms with Gasteiger partial charge in [-0.2, -0.15) is 9.97 Å². The average Bonchev–Trinajstić information content (AvgIpc) is 3.29. The highest BCUT2D eigenvalue weighted by molar-refractivity contribution is 7.99. The number of thioether (sulfide) groups is 1. The van der Waals surface area contributed by atoms with Crippen molar-refractivity contribution in [3.05, 3.63) is 35.5 Å². The molecule has 1 N–H and O–H groups in total. The van der Waals surface area contributed by atoms with Crippen molar-refractivity contribution in [2.75, 3.05) is 18.2 Å². The third-order valence-electron chi connectivity index (χ3n) is 4.04. The Bertz CT molecular complexity index is 895. The van der Waals surface area contributed by atoms with Gasteiger partial charge in [-0.25, -0.2) is 9.97 Å². The predicted octanol–water partition coefficient (Wildman–Crippen LogP) is 3.52. The van der Waals surface area contributed by atoms with E-state index in [0.29, 0.717) is 23.6 Å². The fourth-order valence-electron chi connectivity index (χ4n) is 2.85. The lowest BCUT2D eigenvalue weighted by Gasteiger charge is -2.11. The summed E-state index contributed by atoms with van der Waals surface area (Å²) in [7, 11) is 1.60. The molecule has 1 aliphatic rings. The van der Waals surface area contributed by atoms with Crippen molar-refractivity contribution in [3.8, 4) is 5.88 Å². The molecule has 1 atom stereocenters. The molecule has 1 aliphatic heterocycles. The molecule has 130 valence electrons. The highest BCUT2D eigenvalue weighted by Gasteiger charge is 2.22. The molecule has 0 unspecified atom stereocenters. The van der Waals surface area contributed by atoms with Crippen molar-refractivity contribution >= 4 is 40.3 Å². The maximum atomic E-state index is 6.14. The highest BCUT2D eigenvalue weighted by Crippen LogP contribution is 2.37. The topological polar surface area (TPSA) is 77.8 Å². The Labute approximate surface area is 154 Å². The maximum Gasteiger partial charge on any atom is 0.226 e. The van der Waals surface area contributed by atoms with E-state index in [0.717, 1.165) is 29.0 Å². The van der Waals surface area contributed by atoms with Crippen LogP contribution in [0.25, 0.3) is 11.2 Å². The summed E-state index contributed by atoms with van der Waals surface area (Å²) in [6.07, 6.45) is 4.16. The van der Waals surface area contributed by atoms with E-state index in [1.54, 1.807) is 7.11 Å². The number of nitrogens with zero attached hydrogens (tertiary/aromatic N) is 5. The average molecular weight is 377 g/mol. The summed E-state index contributed by atoms with van der Waals surface area (Å²) < 4.78 is 7.25. The Morgan fingerprint density at radius 2 is 2.28 bits per heavy atom. The molecule has 4 heterocycles. The van der Waals surface area contributed by atoms with Crippen LogP contribution in [-0.2, 0) is 6.54 Å². The van der Waals surface area contributed by atoms with Gasteiger partial charge in [0.15, 0.2) is 17.0 Å². The van der Waals surface area contributed by atoms with Gasteiger partial charge in [-0.3, -0.25) is 0 Å². The fourth-order valence-corrected chi connectivity index (χ4v) is 4.27. The van der Waals surface area contributed by atoms with Gasteiger partial charge in [0, 0.05) is 6.07 Å². The molecular weight excluding hydrogens is 360 g/mol. The van der Waals surface area contributed by atoms with Gasteiger partial charge in [-0.15, -0.1) is 11.8 Å². The summed E-state index contributed by atoms with van der Waals surface area (Å²) >= 11 is 8.06.